The van der Waals surface area contributed by atoms with Gasteiger partial charge in [0.2, 0.25) is 11.8 Å². The second-order valence-electron chi connectivity index (χ2n) is 6.87. The van der Waals surface area contributed by atoms with Gasteiger partial charge in [0.15, 0.2) is 17.4 Å². The number of pyridine rings is 1. The number of halogens is 1. The Balaban J connectivity index is 1.66. The summed E-state index contributed by atoms with van der Waals surface area (Å²) < 4.78 is 22.6. The Hall–Kier alpha value is -2.94. The van der Waals surface area contributed by atoms with Gasteiger partial charge in [0, 0.05) is 29.9 Å². The third-order valence-corrected chi connectivity index (χ3v) is 5.71. The van der Waals surface area contributed by atoms with E-state index in [2.05, 4.69) is 26.4 Å². The number of fused-ring (bicyclic) bond motifs is 1. The van der Waals surface area contributed by atoms with Crippen LogP contribution in [0.3, 0.4) is 0 Å². The fourth-order valence-corrected chi connectivity index (χ4v) is 4.08. The number of amides is 1. The maximum atomic E-state index is 14.5. The first-order valence-electron chi connectivity index (χ1n) is 9.40. The minimum absolute atomic E-state index is 0.00896. The van der Waals surface area contributed by atoms with Gasteiger partial charge >= 0.3 is 0 Å². The molecule has 0 saturated carbocycles. The molecule has 0 radical (unpaired) electrons. The van der Waals surface area contributed by atoms with Crippen molar-refractivity contribution >= 4 is 39.1 Å². The topological polar surface area (TPSA) is 72.3 Å². The van der Waals surface area contributed by atoms with E-state index < -0.39 is 12.3 Å². The fraction of sp³-hybridized carbons (Fsp3) is 0.350. The molecule has 2 atom stereocenters. The molecular formula is C20H22FN5O2S. The fourth-order valence-electron chi connectivity index (χ4n) is 3.41. The lowest BCUT2D eigenvalue weighted by Gasteiger charge is -2.17. The van der Waals surface area contributed by atoms with Crippen LogP contribution in [-0.2, 0) is 11.3 Å². The van der Waals surface area contributed by atoms with Gasteiger partial charge < -0.3 is 19.5 Å². The summed E-state index contributed by atoms with van der Waals surface area (Å²) in [6, 6.07) is 3.84. The van der Waals surface area contributed by atoms with Gasteiger partial charge in [-0.25, -0.2) is 9.37 Å². The van der Waals surface area contributed by atoms with Gasteiger partial charge in [-0.15, -0.1) is 11.3 Å². The number of nitrogens with zero attached hydrogens (tertiary/aromatic N) is 4. The third-order valence-electron chi connectivity index (χ3n) is 4.88. The number of thiazole rings is 1. The molecule has 4 heterocycles. The van der Waals surface area contributed by atoms with E-state index >= 15 is 0 Å². The number of hydrogen-bond acceptors (Lipinski definition) is 6. The van der Waals surface area contributed by atoms with Crippen LogP contribution in [0.25, 0.3) is 10.9 Å². The maximum absolute atomic E-state index is 14.5. The number of rotatable bonds is 6. The molecule has 9 heteroatoms. The van der Waals surface area contributed by atoms with Crippen molar-refractivity contribution in [2.24, 2.45) is 0 Å². The molecule has 4 rings (SSSR count). The standard InChI is InChI=1S/C20H22FN5O2S/c1-4-18(27)26-10-14(21)16(11-26)28-19-13-6-7-25(5-2)15(13)8-17(23-19)24-20-22-9-12(3)29-20/h4,6-9,14,16H,1,5,10-11H2,2-3H3,(H,22,23,24)/t14-,16+/m0/s1. The number of aromatic nitrogens is 3. The number of nitrogens with one attached hydrogen (secondary N) is 1. The van der Waals surface area contributed by atoms with E-state index in [-0.39, 0.29) is 19.0 Å². The van der Waals surface area contributed by atoms with E-state index in [4.69, 9.17) is 4.74 Å². The second-order valence-corrected chi connectivity index (χ2v) is 8.10. The molecule has 3 aromatic rings. The first-order valence-corrected chi connectivity index (χ1v) is 10.2. The highest BCUT2D eigenvalue weighted by Crippen LogP contribution is 2.32. The molecule has 1 saturated heterocycles. The summed E-state index contributed by atoms with van der Waals surface area (Å²) in [7, 11) is 0. The smallest absolute Gasteiger partial charge is 0.246 e. The van der Waals surface area contributed by atoms with Crippen LogP contribution in [0.2, 0.25) is 0 Å². The van der Waals surface area contributed by atoms with Crippen molar-refractivity contribution in [3.63, 3.8) is 0 Å². The molecular weight excluding hydrogens is 393 g/mol. The number of carbonyl (C=O) groups excluding carboxylic acids is 1. The number of anilines is 2. The number of likely N-dealkylation sites (tertiary alicyclic amines) is 1. The van der Waals surface area contributed by atoms with Crippen molar-refractivity contribution in [3.8, 4) is 5.88 Å². The van der Waals surface area contributed by atoms with Crippen LogP contribution >= 0.6 is 11.3 Å². The minimum Gasteiger partial charge on any atom is -0.469 e. The predicted molar refractivity (Wildman–Crippen MR) is 112 cm³/mol. The molecule has 1 aliphatic rings. The van der Waals surface area contributed by atoms with Gasteiger partial charge in [-0.3, -0.25) is 4.79 Å². The van der Waals surface area contributed by atoms with Gasteiger partial charge in [0.05, 0.1) is 24.0 Å². The van der Waals surface area contributed by atoms with Crippen molar-refractivity contribution in [2.75, 3.05) is 18.4 Å². The van der Waals surface area contributed by atoms with E-state index in [1.54, 1.807) is 6.20 Å². The monoisotopic (exact) mass is 415 g/mol. The van der Waals surface area contributed by atoms with Crippen LogP contribution in [0.5, 0.6) is 5.88 Å². The first-order chi connectivity index (χ1) is 14.0. The van der Waals surface area contributed by atoms with Crippen molar-refractivity contribution in [1.82, 2.24) is 19.4 Å². The highest BCUT2D eigenvalue weighted by atomic mass is 32.1. The van der Waals surface area contributed by atoms with Gasteiger partial charge in [-0.05, 0) is 26.0 Å². The van der Waals surface area contributed by atoms with Crippen LogP contribution < -0.4 is 10.1 Å². The van der Waals surface area contributed by atoms with Crippen LogP contribution in [-0.4, -0.2) is 50.7 Å². The first kappa shape index (κ1) is 19.4. The average Bonchev–Trinajstić information content (AvgIpc) is 3.40. The number of hydrogen-bond donors (Lipinski definition) is 1. The summed E-state index contributed by atoms with van der Waals surface area (Å²) in [6.45, 7) is 8.42. The molecule has 0 bridgehead atoms. The zero-order valence-corrected chi connectivity index (χ0v) is 17.1. The van der Waals surface area contributed by atoms with Crippen molar-refractivity contribution in [2.45, 2.75) is 32.7 Å². The number of ether oxygens (including phenoxy) is 1. The molecule has 0 aromatic carbocycles. The number of alkyl halides is 1. The van der Waals surface area contributed by atoms with E-state index in [1.807, 2.05) is 32.2 Å². The quantitative estimate of drug-likeness (QED) is 0.622. The summed E-state index contributed by atoms with van der Waals surface area (Å²) in [5.41, 5.74) is 0.931. The average molecular weight is 415 g/mol. The zero-order valence-electron chi connectivity index (χ0n) is 16.3. The Morgan fingerprint density at radius 2 is 2.34 bits per heavy atom. The second kappa shape index (κ2) is 7.82. The minimum atomic E-state index is -1.29. The molecule has 7 nitrogen and oxygen atoms in total. The summed E-state index contributed by atoms with van der Waals surface area (Å²) in [5.74, 6) is 0.609. The van der Waals surface area contributed by atoms with E-state index in [0.717, 1.165) is 27.5 Å². The predicted octanol–water partition coefficient (Wildman–Crippen LogP) is 3.68. The van der Waals surface area contributed by atoms with Gasteiger partial charge in [0.1, 0.15) is 5.82 Å². The number of aryl methyl sites for hydroxylation is 2. The molecule has 0 unspecified atom stereocenters. The molecule has 1 fully saturated rings. The number of carbonyl (C=O) groups is 1. The summed E-state index contributed by atoms with van der Waals surface area (Å²) in [4.78, 5) is 23.2. The Morgan fingerprint density at radius 1 is 1.52 bits per heavy atom. The van der Waals surface area contributed by atoms with Crippen molar-refractivity contribution in [1.29, 1.82) is 0 Å². The molecule has 0 spiro atoms. The van der Waals surface area contributed by atoms with Crippen molar-refractivity contribution in [3.05, 3.63) is 42.1 Å². The normalized spacial score (nSPS) is 18.9. The highest BCUT2D eigenvalue weighted by molar-refractivity contribution is 7.15. The van der Waals surface area contributed by atoms with E-state index in [1.165, 1.54) is 22.3 Å². The lowest BCUT2D eigenvalue weighted by molar-refractivity contribution is -0.125. The summed E-state index contributed by atoms with van der Waals surface area (Å²) in [6.07, 6.45) is 2.85. The zero-order chi connectivity index (χ0) is 20.5. The van der Waals surface area contributed by atoms with Crippen LogP contribution in [0.4, 0.5) is 15.3 Å². The van der Waals surface area contributed by atoms with Gasteiger partial charge in [0.25, 0.3) is 0 Å². The van der Waals surface area contributed by atoms with Crippen LogP contribution in [0.1, 0.15) is 11.8 Å². The molecule has 1 aliphatic heterocycles. The van der Waals surface area contributed by atoms with E-state index in [9.17, 15) is 9.18 Å². The lowest BCUT2D eigenvalue weighted by atomic mass is 10.2. The van der Waals surface area contributed by atoms with Gasteiger partial charge in [-0.2, -0.15) is 4.98 Å². The third kappa shape index (κ3) is 3.82. The molecule has 0 aliphatic carbocycles. The van der Waals surface area contributed by atoms with Crippen LogP contribution in [0, 0.1) is 6.92 Å². The Kier molecular flexibility index (Phi) is 5.23. The highest BCUT2D eigenvalue weighted by Gasteiger charge is 2.37. The lowest BCUT2D eigenvalue weighted by Crippen LogP contribution is -2.30. The molecule has 1 N–H and O–H groups in total. The SMILES string of the molecule is C=CC(=O)N1C[C@H](F)[C@H](Oc2nc(Nc3ncc(C)s3)cc3c2ccn3CC)C1. The van der Waals surface area contributed by atoms with E-state index in [0.29, 0.717) is 11.7 Å². The molecule has 3 aromatic heterocycles. The van der Waals surface area contributed by atoms with Crippen LogP contribution in [0.15, 0.2) is 37.2 Å². The molecule has 29 heavy (non-hydrogen) atoms. The molecule has 152 valence electrons. The van der Waals surface area contributed by atoms with Gasteiger partial charge in [-0.1, -0.05) is 6.58 Å². The Labute approximate surface area is 171 Å². The summed E-state index contributed by atoms with van der Waals surface area (Å²) in [5, 5.41) is 4.73. The maximum Gasteiger partial charge on any atom is 0.246 e. The molecule has 1 amide bonds. The largest absolute Gasteiger partial charge is 0.469 e. The van der Waals surface area contributed by atoms with Crippen molar-refractivity contribution < 1.29 is 13.9 Å². The summed E-state index contributed by atoms with van der Waals surface area (Å²) >= 11 is 1.52. The Morgan fingerprint density at radius 3 is 3.03 bits per heavy atom. The Bertz CT molecular complexity index is 1060.